The summed E-state index contributed by atoms with van der Waals surface area (Å²) in [6.45, 7) is 9.69. The molecular weight excluding hydrogens is 538 g/mol. The predicted octanol–water partition coefficient (Wildman–Crippen LogP) is 4.20. The third kappa shape index (κ3) is 6.18. The van der Waals surface area contributed by atoms with Gasteiger partial charge in [0.1, 0.15) is 6.10 Å². The summed E-state index contributed by atoms with van der Waals surface area (Å²) < 4.78 is 35.6. The van der Waals surface area contributed by atoms with Crippen LogP contribution < -0.4 is 14.8 Å². The molecule has 0 aliphatic carbocycles. The summed E-state index contributed by atoms with van der Waals surface area (Å²) in [5.41, 5.74) is 3.75. The highest BCUT2D eigenvalue weighted by molar-refractivity contribution is 7.92. The Morgan fingerprint density at radius 3 is 2.49 bits per heavy atom. The van der Waals surface area contributed by atoms with Gasteiger partial charge in [0.25, 0.3) is 15.9 Å². The maximum atomic E-state index is 13.8. The molecule has 2 N–H and O–H groups in total. The largest absolute Gasteiger partial charge is 0.471 e. The molecule has 39 heavy (non-hydrogen) atoms. The molecule has 2 aliphatic rings. The molecule has 2 aromatic carbocycles. The lowest BCUT2D eigenvalue weighted by molar-refractivity contribution is 0.0584. The number of nitrogens with zero attached hydrogens (tertiary/aromatic N) is 3. The summed E-state index contributed by atoms with van der Waals surface area (Å²) in [5, 5.41) is 3.45. The number of rotatable bonds is 3. The number of sulfonamides is 1. The van der Waals surface area contributed by atoms with Crippen LogP contribution >= 0.6 is 12.4 Å². The molecule has 11 heteroatoms. The number of hydrogen-bond donors (Lipinski definition) is 2. The first-order valence-corrected chi connectivity index (χ1v) is 14.4. The van der Waals surface area contributed by atoms with E-state index in [1.54, 1.807) is 18.2 Å². The molecule has 3 heterocycles. The van der Waals surface area contributed by atoms with Crippen molar-refractivity contribution in [2.75, 3.05) is 24.4 Å². The summed E-state index contributed by atoms with van der Waals surface area (Å²) in [4.78, 5) is 24.6. The van der Waals surface area contributed by atoms with Gasteiger partial charge >= 0.3 is 0 Å². The third-order valence-electron chi connectivity index (χ3n) is 6.94. The van der Waals surface area contributed by atoms with Crippen molar-refractivity contribution in [3.63, 3.8) is 0 Å². The molecule has 2 aliphatic heterocycles. The first-order chi connectivity index (χ1) is 18.1. The van der Waals surface area contributed by atoms with Crippen molar-refractivity contribution < 1.29 is 17.9 Å². The van der Waals surface area contributed by atoms with Crippen LogP contribution in [0.4, 0.5) is 5.95 Å². The van der Waals surface area contributed by atoms with E-state index in [0.717, 1.165) is 23.1 Å². The van der Waals surface area contributed by atoms with E-state index < -0.39 is 16.1 Å². The van der Waals surface area contributed by atoms with Gasteiger partial charge in [-0.25, -0.2) is 18.1 Å². The van der Waals surface area contributed by atoms with Gasteiger partial charge in [-0.3, -0.25) is 4.79 Å². The average molecular weight is 572 g/mol. The van der Waals surface area contributed by atoms with Crippen LogP contribution in [0, 0.1) is 19.8 Å². The summed E-state index contributed by atoms with van der Waals surface area (Å²) in [6.07, 6.45) is 0.407. The van der Waals surface area contributed by atoms with Crippen molar-refractivity contribution in [3.8, 4) is 17.1 Å². The Kier molecular flexibility index (Phi) is 8.48. The lowest BCUT2D eigenvalue weighted by Crippen LogP contribution is -2.46. The number of aromatic nitrogens is 2. The van der Waals surface area contributed by atoms with Crippen LogP contribution in [0.5, 0.6) is 5.88 Å². The van der Waals surface area contributed by atoms with E-state index in [2.05, 4.69) is 33.9 Å². The highest BCUT2D eigenvalue weighted by atomic mass is 35.5. The molecule has 1 saturated heterocycles. The number of fused-ring (bicyclic) bond motifs is 6. The highest BCUT2D eigenvalue weighted by Gasteiger charge is 2.33. The fourth-order valence-electron chi connectivity index (χ4n) is 5.23. The molecule has 1 aromatic heterocycles. The minimum atomic E-state index is -4.08. The highest BCUT2D eigenvalue weighted by Crippen LogP contribution is 2.30. The van der Waals surface area contributed by atoms with Crippen molar-refractivity contribution in [1.29, 1.82) is 0 Å². The number of aryl methyl sites for hydroxylation is 2. The number of nitrogens with one attached hydrogen (secondary N) is 2. The van der Waals surface area contributed by atoms with Gasteiger partial charge in [0, 0.05) is 36.3 Å². The average Bonchev–Trinajstić information content (AvgIpc) is 3.04. The summed E-state index contributed by atoms with van der Waals surface area (Å²) in [7, 11) is -4.08. The van der Waals surface area contributed by atoms with E-state index in [1.165, 1.54) is 12.1 Å². The van der Waals surface area contributed by atoms with Gasteiger partial charge in [0.15, 0.2) is 0 Å². The van der Waals surface area contributed by atoms with E-state index in [0.29, 0.717) is 36.8 Å². The van der Waals surface area contributed by atoms with Crippen molar-refractivity contribution in [2.45, 2.75) is 51.2 Å². The number of ether oxygens (including phenoxy) is 1. The standard InChI is InChI=1S/C28H33N5O4S.ClH/c1-17(2)11-21-14-29-15-22-16-33(21)27(34)20-9-6-10-23(12-20)38(35,36)32-28-30-24(13-25(31-28)37-22)26-18(3)7-5-8-19(26)4;/h5-10,12-13,17,21-22,29H,11,14-16H2,1-4H3,(H,30,31,32);1H/t21-,22-;/m1./s1. The first kappa shape index (κ1) is 28.8. The van der Waals surface area contributed by atoms with E-state index in [9.17, 15) is 13.2 Å². The van der Waals surface area contributed by atoms with E-state index >= 15 is 0 Å². The SMILES string of the molecule is Cc1cccc(C)c1-c1cc2nc(n1)NS(=O)(=O)c1cccc(c1)C(=O)N1C[C@@H](CNC[C@H]1CC(C)C)O2.Cl. The van der Waals surface area contributed by atoms with Gasteiger partial charge in [-0.15, -0.1) is 12.4 Å². The fraction of sp³-hybridized carbons (Fsp3) is 0.393. The Bertz CT molecular complexity index is 1460. The number of carbonyl (C=O) groups excluding carboxylic acids is 1. The first-order valence-electron chi connectivity index (χ1n) is 12.9. The quantitative estimate of drug-likeness (QED) is 0.484. The van der Waals surface area contributed by atoms with Crippen LogP contribution in [0.25, 0.3) is 11.3 Å². The van der Waals surface area contributed by atoms with Gasteiger partial charge < -0.3 is 15.0 Å². The van der Waals surface area contributed by atoms with Gasteiger partial charge in [-0.05, 0) is 55.5 Å². The molecule has 3 aromatic rings. The zero-order valence-electron chi connectivity index (χ0n) is 22.5. The smallest absolute Gasteiger partial charge is 0.264 e. The van der Waals surface area contributed by atoms with Gasteiger partial charge in [-0.2, -0.15) is 4.98 Å². The van der Waals surface area contributed by atoms with Crippen LogP contribution in [0.2, 0.25) is 0 Å². The number of hydrogen-bond acceptors (Lipinski definition) is 7. The molecule has 1 amide bonds. The molecule has 0 saturated carbocycles. The number of benzene rings is 2. The lowest BCUT2D eigenvalue weighted by Gasteiger charge is -2.32. The van der Waals surface area contributed by atoms with Crippen LogP contribution in [0.3, 0.4) is 0 Å². The lowest BCUT2D eigenvalue weighted by atomic mass is 10.00. The maximum Gasteiger partial charge on any atom is 0.264 e. The second-order valence-corrected chi connectivity index (χ2v) is 12.1. The van der Waals surface area contributed by atoms with Crippen LogP contribution in [0.1, 0.15) is 41.8 Å². The second-order valence-electron chi connectivity index (χ2n) is 10.5. The molecule has 9 nitrogen and oxygen atoms in total. The summed E-state index contributed by atoms with van der Waals surface area (Å²) in [6, 6.07) is 13.7. The molecule has 6 bridgehead atoms. The minimum absolute atomic E-state index is 0. The van der Waals surface area contributed by atoms with E-state index in [-0.39, 0.29) is 41.1 Å². The molecule has 5 rings (SSSR count). The molecule has 2 atom stereocenters. The Hall–Kier alpha value is -3.21. The molecule has 0 spiro atoms. The minimum Gasteiger partial charge on any atom is -0.471 e. The fourth-order valence-corrected chi connectivity index (χ4v) is 6.22. The Morgan fingerprint density at radius 1 is 1.05 bits per heavy atom. The number of amides is 1. The Morgan fingerprint density at radius 2 is 1.77 bits per heavy atom. The Balaban J connectivity index is 0.00000353. The van der Waals surface area contributed by atoms with Crippen molar-refractivity contribution in [2.24, 2.45) is 5.92 Å². The molecule has 0 radical (unpaired) electrons. The zero-order chi connectivity index (χ0) is 27.0. The van der Waals surface area contributed by atoms with Crippen LogP contribution in [-0.2, 0) is 10.0 Å². The number of halogens is 1. The van der Waals surface area contributed by atoms with Gasteiger partial charge in [-0.1, -0.05) is 38.1 Å². The third-order valence-corrected chi connectivity index (χ3v) is 8.27. The topological polar surface area (TPSA) is 114 Å². The monoisotopic (exact) mass is 571 g/mol. The molecule has 0 unspecified atom stereocenters. The number of anilines is 1. The predicted molar refractivity (Wildman–Crippen MR) is 153 cm³/mol. The molecule has 1 fully saturated rings. The summed E-state index contributed by atoms with van der Waals surface area (Å²) >= 11 is 0. The number of carbonyl (C=O) groups is 1. The molecule has 208 valence electrons. The van der Waals surface area contributed by atoms with E-state index in [1.807, 2.05) is 36.9 Å². The van der Waals surface area contributed by atoms with Gasteiger partial charge in [0.2, 0.25) is 11.8 Å². The Labute approximate surface area is 235 Å². The van der Waals surface area contributed by atoms with Crippen LogP contribution in [-0.4, -0.2) is 61.0 Å². The van der Waals surface area contributed by atoms with Gasteiger partial charge in [0.05, 0.1) is 17.1 Å². The summed E-state index contributed by atoms with van der Waals surface area (Å²) in [5.74, 6) is 0.297. The van der Waals surface area contributed by atoms with Crippen LogP contribution in [0.15, 0.2) is 53.4 Å². The van der Waals surface area contributed by atoms with Crippen molar-refractivity contribution in [1.82, 2.24) is 20.2 Å². The normalized spacial score (nSPS) is 20.3. The maximum absolute atomic E-state index is 13.8. The van der Waals surface area contributed by atoms with Crippen molar-refractivity contribution in [3.05, 3.63) is 65.2 Å². The van der Waals surface area contributed by atoms with Crippen molar-refractivity contribution >= 4 is 34.3 Å². The van der Waals surface area contributed by atoms with E-state index in [4.69, 9.17) is 4.74 Å². The second kappa shape index (κ2) is 11.5. The zero-order valence-corrected chi connectivity index (χ0v) is 24.1. The molecular formula is C28H34ClN5O4S.